The van der Waals surface area contributed by atoms with Crippen LogP contribution in [0.2, 0.25) is 0 Å². The minimum atomic E-state index is -0.354. The Morgan fingerprint density at radius 3 is 2.36 bits per heavy atom. The zero-order valence-corrected chi connectivity index (χ0v) is 18.7. The molecule has 1 aliphatic heterocycles. The van der Waals surface area contributed by atoms with E-state index in [1.165, 1.54) is 5.56 Å². The normalized spacial score (nSPS) is 13.6. The third kappa shape index (κ3) is 5.31. The van der Waals surface area contributed by atoms with Gasteiger partial charge in [-0.1, -0.05) is 48.5 Å². The molecule has 0 spiro atoms. The summed E-state index contributed by atoms with van der Waals surface area (Å²) < 4.78 is 0. The second-order valence-electron chi connectivity index (χ2n) is 8.22. The highest BCUT2D eigenvalue weighted by Crippen LogP contribution is 2.30. The Balaban J connectivity index is 1.41. The lowest BCUT2D eigenvalue weighted by Crippen LogP contribution is -2.49. The van der Waals surface area contributed by atoms with Crippen molar-refractivity contribution in [3.8, 4) is 0 Å². The van der Waals surface area contributed by atoms with Crippen molar-refractivity contribution in [2.24, 2.45) is 0 Å². The van der Waals surface area contributed by atoms with E-state index in [0.29, 0.717) is 38.4 Å². The fourth-order valence-electron chi connectivity index (χ4n) is 4.16. The van der Waals surface area contributed by atoms with E-state index in [-0.39, 0.29) is 16.5 Å². The Morgan fingerprint density at radius 1 is 0.970 bits per heavy atom. The van der Waals surface area contributed by atoms with Gasteiger partial charge in [0, 0.05) is 50.0 Å². The largest absolute Gasteiger partial charge is 0.379 e. The number of piperazine rings is 1. The molecule has 33 heavy (non-hydrogen) atoms. The van der Waals surface area contributed by atoms with E-state index in [9.17, 15) is 14.9 Å². The second-order valence-corrected chi connectivity index (χ2v) is 8.22. The number of nitro groups is 1. The molecule has 1 fully saturated rings. The second kappa shape index (κ2) is 10.2. The predicted octanol–water partition coefficient (Wildman–Crippen LogP) is 4.52. The van der Waals surface area contributed by atoms with Crippen LogP contribution in [0, 0.1) is 17.0 Å². The van der Waals surface area contributed by atoms with E-state index in [0.717, 1.165) is 23.2 Å². The lowest BCUT2D eigenvalue weighted by molar-refractivity contribution is -0.383. The third-order valence-electron chi connectivity index (χ3n) is 6.06. The summed E-state index contributed by atoms with van der Waals surface area (Å²) in [6, 6.07) is 22.9. The number of aryl methyl sites for hydroxylation is 1. The lowest BCUT2D eigenvalue weighted by Gasteiger charge is -2.36. The molecular formula is C26H28N4O3. The molecule has 3 aromatic carbocycles. The van der Waals surface area contributed by atoms with Gasteiger partial charge in [-0.2, -0.15) is 0 Å². The minimum Gasteiger partial charge on any atom is -0.379 e. The van der Waals surface area contributed by atoms with Crippen molar-refractivity contribution in [1.82, 2.24) is 4.90 Å². The number of rotatable bonds is 7. The van der Waals surface area contributed by atoms with Crippen LogP contribution in [0.4, 0.5) is 17.1 Å². The predicted molar refractivity (Wildman–Crippen MR) is 131 cm³/mol. The smallest absolute Gasteiger partial charge is 0.292 e. The van der Waals surface area contributed by atoms with Crippen LogP contribution in [0.5, 0.6) is 0 Å². The minimum absolute atomic E-state index is 0.0553. The number of amides is 1. The van der Waals surface area contributed by atoms with Crippen LogP contribution >= 0.6 is 0 Å². The Morgan fingerprint density at radius 2 is 1.67 bits per heavy atom. The molecule has 1 N–H and O–H groups in total. The standard InChI is InChI=1S/C26H28N4O3/c1-20-7-5-6-10-23(20)26(31)29-17-15-28(16-18-29)22-11-12-25(30(32)33)24(19-22)27-14-13-21-8-3-2-4-9-21/h2-12,19,27H,13-18H2,1H3. The zero-order valence-electron chi connectivity index (χ0n) is 18.7. The van der Waals surface area contributed by atoms with Crippen molar-refractivity contribution in [3.63, 3.8) is 0 Å². The number of carbonyl (C=O) groups excluding carboxylic acids is 1. The maximum absolute atomic E-state index is 12.9. The van der Waals surface area contributed by atoms with Gasteiger partial charge in [-0.05, 0) is 42.7 Å². The molecule has 0 aliphatic carbocycles. The highest BCUT2D eigenvalue weighted by atomic mass is 16.6. The van der Waals surface area contributed by atoms with Crippen LogP contribution in [0.15, 0.2) is 72.8 Å². The van der Waals surface area contributed by atoms with Gasteiger partial charge in [0.15, 0.2) is 0 Å². The first-order valence-corrected chi connectivity index (χ1v) is 11.2. The highest BCUT2D eigenvalue weighted by molar-refractivity contribution is 5.95. The molecule has 0 radical (unpaired) electrons. The Bertz CT molecular complexity index is 1130. The number of benzene rings is 3. The van der Waals surface area contributed by atoms with Gasteiger partial charge < -0.3 is 15.1 Å². The summed E-state index contributed by atoms with van der Waals surface area (Å²) in [6.07, 6.45) is 0.780. The SMILES string of the molecule is Cc1ccccc1C(=O)N1CCN(c2ccc([N+](=O)[O-])c(NCCc3ccccc3)c2)CC1. The van der Waals surface area contributed by atoms with Crippen molar-refractivity contribution in [1.29, 1.82) is 0 Å². The summed E-state index contributed by atoms with van der Waals surface area (Å²) >= 11 is 0. The number of hydrogen-bond acceptors (Lipinski definition) is 5. The molecule has 1 saturated heterocycles. The van der Waals surface area contributed by atoms with Gasteiger partial charge in [0.1, 0.15) is 5.69 Å². The third-order valence-corrected chi connectivity index (χ3v) is 6.06. The van der Waals surface area contributed by atoms with Crippen molar-refractivity contribution in [3.05, 3.63) is 99.6 Å². The Kier molecular flexibility index (Phi) is 6.88. The number of nitrogens with one attached hydrogen (secondary N) is 1. The van der Waals surface area contributed by atoms with Gasteiger partial charge in [-0.15, -0.1) is 0 Å². The number of carbonyl (C=O) groups is 1. The van der Waals surface area contributed by atoms with Gasteiger partial charge in [0.05, 0.1) is 4.92 Å². The van der Waals surface area contributed by atoms with Crippen molar-refractivity contribution in [2.45, 2.75) is 13.3 Å². The molecule has 1 heterocycles. The summed E-state index contributed by atoms with van der Waals surface area (Å²) in [5.74, 6) is 0.0553. The summed E-state index contributed by atoms with van der Waals surface area (Å²) in [6.45, 7) is 5.14. The molecule has 7 nitrogen and oxygen atoms in total. The summed E-state index contributed by atoms with van der Waals surface area (Å²) in [7, 11) is 0. The van der Waals surface area contributed by atoms with E-state index >= 15 is 0 Å². The first-order valence-electron chi connectivity index (χ1n) is 11.2. The topological polar surface area (TPSA) is 78.7 Å². The number of hydrogen-bond donors (Lipinski definition) is 1. The van der Waals surface area contributed by atoms with E-state index in [2.05, 4.69) is 10.2 Å². The molecule has 0 unspecified atom stereocenters. The van der Waals surface area contributed by atoms with E-state index in [1.54, 1.807) is 12.1 Å². The van der Waals surface area contributed by atoms with Gasteiger partial charge in [-0.25, -0.2) is 0 Å². The number of anilines is 2. The fraction of sp³-hybridized carbons (Fsp3) is 0.269. The monoisotopic (exact) mass is 444 g/mol. The van der Waals surface area contributed by atoms with Crippen LogP contribution in [-0.2, 0) is 6.42 Å². The van der Waals surface area contributed by atoms with Crippen LogP contribution in [0.1, 0.15) is 21.5 Å². The molecule has 0 atom stereocenters. The molecular weight excluding hydrogens is 416 g/mol. The molecule has 170 valence electrons. The fourth-order valence-corrected chi connectivity index (χ4v) is 4.16. The van der Waals surface area contributed by atoms with E-state index < -0.39 is 0 Å². The molecule has 0 bridgehead atoms. The van der Waals surface area contributed by atoms with E-state index in [1.807, 2.05) is 72.5 Å². The highest BCUT2D eigenvalue weighted by Gasteiger charge is 2.24. The van der Waals surface area contributed by atoms with E-state index in [4.69, 9.17) is 0 Å². The summed E-state index contributed by atoms with van der Waals surface area (Å²) in [5, 5.41) is 14.8. The Labute approximate surface area is 193 Å². The average Bonchev–Trinajstić information content (AvgIpc) is 2.84. The lowest BCUT2D eigenvalue weighted by atomic mass is 10.1. The average molecular weight is 445 g/mol. The Hall–Kier alpha value is -3.87. The van der Waals surface area contributed by atoms with Crippen molar-refractivity contribution >= 4 is 23.0 Å². The van der Waals surface area contributed by atoms with Crippen LogP contribution < -0.4 is 10.2 Å². The van der Waals surface area contributed by atoms with Gasteiger partial charge >= 0.3 is 0 Å². The van der Waals surface area contributed by atoms with Crippen molar-refractivity contribution in [2.75, 3.05) is 42.9 Å². The summed E-state index contributed by atoms with van der Waals surface area (Å²) in [5.41, 5.74) is 4.41. The molecule has 7 heteroatoms. The quantitative estimate of drug-likeness (QED) is 0.428. The molecule has 1 amide bonds. The van der Waals surface area contributed by atoms with Gasteiger partial charge in [0.25, 0.3) is 11.6 Å². The zero-order chi connectivity index (χ0) is 23.2. The maximum Gasteiger partial charge on any atom is 0.292 e. The van der Waals surface area contributed by atoms with Crippen LogP contribution in [0.25, 0.3) is 0 Å². The molecule has 3 aromatic rings. The molecule has 0 aromatic heterocycles. The van der Waals surface area contributed by atoms with Gasteiger partial charge in [-0.3, -0.25) is 14.9 Å². The summed E-state index contributed by atoms with van der Waals surface area (Å²) in [4.78, 5) is 28.1. The molecule has 1 aliphatic rings. The van der Waals surface area contributed by atoms with Crippen molar-refractivity contribution < 1.29 is 9.72 Å². The number of nitrogens with zero attached hydrogens (tertiary/aromatic N) is 3. The first-order chi connectivity index (χ1) is 16.0. The maximum atomic E-state index is 12.9. The number of nitro benzene ring substituents is 1. The van der Waals surface area contributed by atoms with Crippen LogP contribution in [-0.4, -0.2) is 48.5 Å². The van der Waals surface area contributed by atoms with Crippen LogP contribution in [0.3, 0.4) is 0 Å². The molecule has 4 rings (SSSR count). The molecule has 0 saturated carbocycles. The van der Waals surface area contributed by atoms with Gasteiger partial charge in [0.2, 0.25) is 0 Å². The first kappa shape index (κ1) is 22.3.